The fourth-order valence-corrected chi connectivity index (χ4v) is 9.75. The zero-order valence-corrected chi connectivity index (χ0v) is 22.4. The number of benzene rings is 4. The van der Waals surface area contributed by atoms with Crippen LogP contribution in [0.2, 0.25) is 10.0 Å². The summed E-state index contributed by atoms with van der Waals surface area (Å²) < 4.78 is 11.5. The van der Waals surface area contributed by atoms with Crippen molar-refractivity contribution in [3.05, 3.63) is 107 Å². The largest absolute Gasteiger partial charge is 0.496 e. The van der Waals surface area contributed by atoms with Gasteiger partial charge in [0, 0.05) is 20.7 Å². The van der Waals surface area contributed by atoms with Crippen LogP contribution < -0.4 is 30.7 Å². The topological polar surface area (TPSA) is 18.5 Å². The maximum absolute atomic E-state index is 6.22. The Bertz CT molecular complexity index is 1120. The Labute approximate surface area is 214 Å². The molecular formula is C28H26Cl2O2P2. The SMILES string of the molecule is COc1ccccc1P(CCP(c1ccc(Cl)cc1)c1ccccc1OC)c1ccc(Cl)cc1. The minimum atomic E-state index is -0.658. The quantitative estimate of drug-likeness (QED) is 0.229. The molecule has 0 spiro atoms. The number of methoxy groups -OCH3 is 2. The van der Waals surface area contributed by atoms with E-state index in [2.05, 4.69) is 48.5 Å². The van der Waals surface area contributed by atoms with Crippen LogP contribution in [0.3, 0.4) is 0 Å². The van der Waals surface area contributed by atoms with Crippen molar-refractivity contribution >= 4 is 60.3 Å². The zero-order chi connectivity index (χ0) is 23.9. The van der Waals surface area contributed by atoms with Gasteiger partial charge in [0.15, 0.2) is 0 Å². The van der Waals surface area contributed by atoms with Gasteiger partial charge in [-0.05, 0) is 75.2 Å². The molecule has 0 aromatic heterocycles. The van der Waals surface area contributed by atoms with Crippen molar-refractivity contribution in [2.24, 2.45) is 0 Å². The highest BCUT2D eigenvalue weighted by atomic mass is 35.5. The van der Waals surface area contributed by atoms with Gasteiger partial charge in [0.25, 0.3) is 0 Å². The highest BCUT2D eigenvalue weighted by molar-refractivity contribution is 7.76. The third-order valence-corrected chi connectivity index (χ3v) is 11.5. The van der Waals surface area contributed by atoms with Gasteiger partial charge >= 0.3 is 0 Å². The third-order valence-electron chi connectivity index (χ3n) is 5.58. The highest BCUT2D eigenvalue weighted by Crippen LogP contribution is 2.44. The van der Waals surface area contributed by atoms with Crippen molar-refractivity contribution in [2.45, 2.75) is 0 Å². The van der Waals surface area contributed by atoms with Gasteiger partial charge in [-0.2, -0.15) is 0 Å². The molecule has 0 fully saturated rings. The lowest BCUT2D eigenvalue weighted by Gasteiger charge is -2.26. The number of halogens is 2. The fourth-order valence-electron chi connectivity index (χ4n) is 3.92. The summed E-state index contributed by atoms with van der Waals surface area (Å²) >= 11 is 12.4. The van der Waals surface area contributed by atoms with Gasteiger partial charge in [0.1, 0.15) is 11.5 Å². The molecule has 0 saturated heterocycles. The van der Waals surface area contributed by atoms with E-state index in [9.17, 15) is 0 Å². The first-order chi connectivity index (χ1) is 16.6. The summed E-state index contributed by atoms with van der Waals surface area (Å²) in [5, 5.41) is 6.55. The summed E-state index contributed by atoms with van der Waals surface area (Å²) in [5.74, 6) is 1.85. The van der Waals surface area contributed by atoms with Crippen molar-refractivity contribution in [3.8, 4) is 11.5 Å². The number of ether oxygens (including phenoxy) is 2. The van der Waals surface area contributed by atoms with Crippen LogP contribution in [-0.4, -0.2) is 26.5 Å². The van der Waals surface area contributed by atoms with Crippen LogP contribution in [0.25, 0.3) is 0 Å². The van der Waals surface area contributed by atoms with Crippen molar-refractivity contribution in [2.75, 3.05) is 26.5 Å². The molecule has 2 unspecified atom stereocenters. The normalized spacial score (nSPS) is 12.7. The molecule has 0 aliphatic heterocycles. The van der Waals surface area contributed by atoms with Crippen LogP contribution in [-0.2, 0) is 0 Å². The van der Waals surface area contributed by atoms with E-state index >= 15 is 0 Å². The highest BCUT2D eigenvalue weighted by Gasteiger charge is 2.23. The van der Waals surface area contributed by atoms with Gasteiger partial charge in [-0.25, -0.2) is 0 Å². The Balaban J connectivity index is 1.74. The summed E-state index contributed by atoms with van der Waals surface area (Å²) in [5.41, 5.74) is 0. The first kappa shape index (κ1) is 25.0. The Morgan fingerprint density at radius 3 is 1.24 bits per heavy atom. The Kier molecular flexibility index (Phi) is 8.87. The molecule has 0 heterocycles. The second kappa shape index (κ2) is 12.1. The first-order valence-electron chi connectivity index (χ1n) is 10.9. The molecule has 4 rings (SSSR count). The smallest absolute Gasteiger partial charge is 0.126 e. The predicted molar refractivity (Wildman–Crippen MR) is 151 cm³/mol. The van der Waals surface area contributed by atoms with E-state index in [0.717, 1.165) is 33.9 Å². The van der Waals surface area contributed by atoms with E-state index < -0.39 is 15.8 Å². The molecule has 0 aliphatic rings. The lowest BCUT2D eigenvalue weighted by atomic mass is 10.3. The summed E-state index contributed by atoms with van der Waals surface area (Å²) in [6, 6.07) is 33.2. The van der Waals surface area contributed by atoms with E-state index in [1.807, 2.05) is 48.5 Å². The lowest BCUT2D eigenvalue weighted by molar-refractivity contribution is 0.418. The van der Waals surface area contributed by atoms with Crippen LogP contribution in [0.15, 0.2) is 97.1 Å². The molecule has 0 saturated carbocycles. The summed E-state index contributed by atoms with van der Waals surface area (Å²) in [6.07, 6.45) is 2.01. The molecule has 34 heavy (non-hydrogen) atoms. The summed E-state index contributed by atoms with van der Waals surface area (Å²) in [4.78, 5) is 0. The second-order valence-electron chi connectivity index (χ2n) is 7.60. The molecule has 0 amide bonds. The Hall–Kier alpha value is -2.08. The molecular weight excluding hydrogens is 501 g/mol. The molecule has 0 aliphatic carbocycles. The molecule has 4 aromatic carbocycles. The van der Waals surface area contributed by atoms with Gasteiger partial charge < -0.3 is 9.47 Å². The molecule has 0 N–H and O–H groups in total. The number of para-hydroxylation sites is 2. The van der Waals surface area contributed by atoms with Gasteiger partial charge in [-0.1, -0.05) is 83.9 Å². The monoisotopic (exact) mass is 526 g/mol. The average molecular weight is 527 g/mol. The molecule has 2 atom stereocenters. The standard InChI is InChI=1S/C28H26Cl2O2P2/c1-31-25-7-3-5-9-27(25)33(23-15-11-21(29)12-16-23)19-20-34(24-17-13-22(30)14-18-24)28-10-6-4-8-26(28)32-2/h3-18H,19-20H2,1-2H3. The average Bonchev–Trinajstić information content (AvgIpc) is 2.88. The van der Waals surface area contributed by atoms with E-state index in [0.29, 0.717) is 0 Å². The van der Waals surface area contributed by atoms with Crippen molar-refractivity contribution in [1.82, 2.24) is 0 Å². The maximum atomic E-state index is 6.22. The van der Waals surface area contributed by atoms with Crippen LogP contribution >= 0.6 is 39.0 Å². The minimum Gasteiger partial charge on any atom is -0.496 e. The van der Waals surface area contributed by atoms with Crippen LogP contribution in [0, 0.1) is 0 Å². The van der Waals surface area contributed by atoms with Crippen molar-refractivity contribution in [1.29, 1.82) is 0 Å². The molecule has 2 nitrogen and oxygen atoms in total. The van der Waals surface area contributed by atoms with Crippen LogP contribution in [0.1, 0.15) is 0 Å². The van der Waals surface area contributed by atoms with Gasteiger partial charge in [-0.15, -0.1) is 0 Å². The Morgan fingerprint density at radius 2 is 0.882 bits per heavy atom. The first-order valence-corrected chi connectivity index (χ1v) is 14.7. The van der Waals surface area contributed by atoms with Gasteiger partial charge in [-0.3, -0.25) is 0 Å². The van der Waals surface area contributed by atoms with E-state index in [4.69, 9.17) is 32.7 Å². The van der Waals surface area contributed by atoms with Crippen LogP contribution in [0.4, 0.5) is 0 Å². The van der Waals surface area contributed by atoms with Crippen LogP contribution in [0.5, 0.6) is 11.5 Å². The van der Waals surface area contributed by atoms with Crippen molar-refractivity contribution < 1.29 is 9.47 Å². The second-order valence-corrected chi connectivity index (χ2v) is 13.1. The predicted octanol–water partition coefficient (Wildman–Crippen LogP) is 6.58. The van der Waals surface area contributed by atoms with E-state index in [1.54, 1.807) is 14.2 Å². The number of hydrogen-bond donors (Lipinski definition) is 0. The third kappa shape index (κ3) is 5.94. The van der Waals surface area contributed by atoms with E-state index in [-0.39, 0.29) is 0 Å². The molecule has 6 heteroatoms. The molecule has 0 radical (unpaired) electrons. The maximum Gasteiger partial charge on any atom is 0.126 e. The Morgan fingerprint density at radius 1 is 0.529 bits per heavy atom. The number of rotatable bonds is 9. The van der Waals surface area contributed by atoms with E-state index in [1.165, 1.54) is 21.2 Å². The molecule has 174 valence electrons. The molecule has 4 aromatic rings. The summed E-state index contributed by atoms with van der Waals surface area (Å²) in [6.45, 7) is 0. The zero-order valence-electron chi connectivity index (χ0n) is 19.1. The van der Waals surface area contributed by atoms with Gasteiger partial charge in [0.05, 0.1) is 14.2 Å². The van der Waals surface area contributed by atoms with Crippen molar-refractivity contribution in [3.63, 3.8) is 0 Å². The fraction of sp³-hybridized carbons (Fsp3) is 0.143. The lowest BCUT2D eigenvalue weighted by Crippen LogP contribution is -2.21. The number of hydrogen-bond acceptors (Lipinski definition) is 2. The molecule has 0 bridgehead atoms. The van der Waals surface area contributed by atoms with Gasteiger partial charge in [0.2, 0.25) is 0 Å². The summed E-state index contributed by atoms with van der Waals surface area (Å²) in [7, 11) is 2.16. The minimum absolute atomic E-state index is 0.658.